The molecule has 0 radical (unpaired) electrons. The molecule has 0 spiro atoms. The van der Waals surface area contributed by atoms with Gasteiger partial charge in [0.15, 0.2) is 0 Å². The lowest BCUT2D eigenvalue weighted by atomic mass is 10.0. The summed E-state index contributed by atoms with van der Waals surface area (Å²) in [5.74, 6) is 1.16. The first-order chi connectivity index (χ1) is 12.0. The Labute approximate surface area is 150 Å². The van der Waals surface area contributed by atoms with Crippen LogP contribution in [0.4, 0.5) is 0 Å². The molecule has 0 bridgehead atoms. The van der Waals surface area contributed by atoms with Crippen molar-refractivity contribution in [2.75, 3.05) is 13.1 Å². The Morgan fingerprint density at radius 2 is 2.12 bits per heavy atom. The van der Waals surface area contributed by atoms with E-state index in [9.17, 15) is 9.59 Å². The highest BCUT2D eigenvalue weighted by molar-refractivity contribution is 6.30. The lowest BCUT2D eigenvalue weighted by Crippen LogP contribution is -2.46. The second-order valence-corrected chi connectivity index (χ2v) is 7.53. The van der Waals surface area contributed by atoms with Crippen molar-refractivity contribution in [3.63, 3.8) is 0 Å². The number of nitrogens with zero attached hydrogens (tertiary/aromatic N) is 2. The van der Waals surface area contributed by atoms with Crippen LogP contribution in [-0.4, -0.2) is 45.8 Å². The molecule has 0 aromatic carbocycles. The van der Waals surface area contributed by atoms with E-state index in [1.807, 2.05) is 4.90 Å². The van der Waals surface area contributed by atoms with Gasteiger partial charge in [-0.2, -0.15) is 0 Å². The first-order valence-electron chi connectivity index (χ1n) is 8.75. The number of rotatable bonds is 4. The van der Waals surface area contributed by atoms with E-state index < -0.39 is 6.04 Å². The third-order valence-electron chi connectivity index (χ3n) is 5.26. The molecule has 132 valence electrons. The summed E-state index contributed by atoms with van der Waals surface area (Å²) in [4.78, 5) is 33.9. The van der Waals surface area contributed by atoms with Gasteiger partial charge < -0.3 is 15.2 Å². The van der Waals surface area contributed by atoms with Crippen molar-refractivity contribution in [3.8, 4) is 0 Å². The molecule has 1 saturated heterocycles. The molecule has 2 aromatic rings. The first kappa shape index (κ1) is 16.4. The fourth-order valence-corrected chi connectivity index (χ4v) is 3.84. The number of halogens is 1. The monoisotopic (exact) mass is 360 g/mol. The van der Waals surface area contributed by atoms with Crippen LogP contribution in [-0.2, 0) is 4.79 Å². The molecule has 2 N–H and O–H groups in total. The van der Waals surface area contributed by atoms with Gasteiger partial charge in [-0.25, -0.2) is 4.98 Å². The van der Waals surface area contributed by atoms with E-state index in [-0.39, 0.29) is 11.8 Å². The number of pyridine rings is 1. The molecule has 3 heterocycles. The Kier molecular flexibility index (Phi) is 4.15. The molecule has 25 heavy (non-hydrogen) atoms. The molecule has 2 amide bonds. The van der Waals surface area contributed by atoms with Crippen LogP contribution in [0.3, 0.4) is 0 Å². The summed E-state index contributed by atoms with van der Waals surface area (Å²) in [7, 11) is 0. The van der Waals surface area contributed by atoms with Crippen LogP contribution in [0.1, 0.15) is 36.7 Å². The Balaban J connectivity index is 1.39. The summed E-state index contributed by atoms with van der Waals surface area (Å²) in [6.07, 6.45) is 5.29. The Hall–Kier alpha value is -2.08. The van der Waals surface area contributed by atoms with Crippen molar-refractivity contribution in [2.45, 2.75) is 32.2 Å². The van der Waals surface area contributed by atoms with Crippen LogP contribution in [0.5, 0.6) is 0 Å². The lowest BCUT2D eigenvalue weighted by Gasteiger charge is -2.21. The Bertz CT molecular complexity index is 830. The van der Waals surface area contributed by atoms with Crippen LogP contribution in [0, 0.1) is 11.8 Å². The maximum absolute atomic E-state index is 12.6. The second-order valence-electron chi connectivity index (χ2n) is 7.14. The number of hydrogen-bond donors (Lipinski definition) is 2. The second kappa shape index (κ2) is 6.33. The van der Waals surface area contributed by atoms with E-state index in [1.54, 1.807) is 25.3 Å². The maximum atomic E-state index is 12.6. The largest absolute Gasteiger partial charge is 0.349 e. The minimum absolute atomic E-state index is 0.00248. The highest BCUT2D eigenvalue weighted by Gasteiger charge is 2.38. The zero-order valence-corrected chi connectivity index (χ0v) is 14.8. The summed E-state index contributed by atoms with van der Waals surface area (Å²) in [6.45, 7) is 3.38. The van der Waals surface area contributed by atoms with Crippen molar-refractivity contribution in [3.05, 3.63) is 29.2 Å². The summed E-state index contributed by atoms with van der Waals surface area (Å²) in [5.41, 5.74) is 1.14. The number of likely N-dealkylation sites (tertiary alicyclic amines) is 1. The molecule has 2 fully saturated rings. The van der Waals surface area contributed by atoms with Gasteiger partial charge in [-0.15, -0.1) is 0 Å². The molecule has 1 aliphatic carbocycles. The summed E-state index contributed by atoms with van der Waals surface area (Å²) >= 11 is 5.87. The number of amides is 2. The number of hydrogen-bond acceptors (Lipinski definition) is 3. The quantitative estimate of drug-likeness (QED) is 0.822. The van der Waals surface area contributed by atoms with E-state index in [4.69, 9.17) is 11.6 Å². The molecule has 6 nitrogen and oxygen atoms in total. The summed E-state index contributed by atoms with van der Waals surface area (Å²) in [5, 5.41) is 3.99. The maximum Gasteiger partial charge on any atom is 0.268 e. The number of carbonyl (C=O) groups is 2. The number of H-pyrrole nitrogens is 1. The molecular weight excluding hydrogens is 340 g/mol. The van der Waals surface area contributed by atoms with Crippen molar-refractivity contribution in [2.24, 2.45) is 11.8 Å². The average Bonchev–Trinajstić information content (AvgIpc) is 3.17. The van der Waals surface area contributed by atoms with Crippen molar-refractivity contribution >= 4 is 34.3 Å². The molecular formula is C18H21ClN4O2. The average molecular weight is 361 g/mol. The third kappa shape index (κ3) is 3.35. The van der Waals surface area contributed by atoms with Crippen molar-refractivity contribution in [1.29, 1.82) is 0 Å². The van der Waals surface area contributed by atoms with Crippen LogP contribution in [0.15, 0.2) is 18.3 Å². The predicted molar refractivity (Wildman–Crippen MR) is 95.4 cm³/mol. The highest BCUT2D eigenvalue weighted by atomic mass is 35.5. The fraction of sp³-hybridized carbons (Fsp3) is 0.500. The highest BCUT2D eigenvalue weighted by Crippen LogP contribution is 2.41. The van der Waals surface area contributed by atoms with Crippen LogP contribution in [0.2, 0.25) is 5.15 Å². The zero-order chi connectivity index (χ0) is 17.6. The number of aromatic amines is 1. The molecule has 2 aliphatic rings. The molecule has 2 atom stereocenters. The van der Waals surface area contributed by atoms with Gasteiger partial charge in [-0.05, 0) is 50.2 Å². The molecule has 1 saturated carbocycles. The van der Waals surface area contributed by atoms with Gasteiger partial charge in [0.05, 0.1) is 11.7 Å². The number of nitrogens with one attached hydrogen (secondary N) is 2. The molecule has 1 unspecified atom stereocenters. The van der Waals surface area contributed by atoms with Gasteiger partial charge in [0, 0.05) is 18.5 Å². The summed E-state index contributed by atoms with van der Waals surface area (Å²) < 4.78 is 0. The van der Waals surface area contributed by atoms with E-state index in [2.05, 4.69) is 15.3 Å². The number of aromatic nitrogens is 2. The fourth-order valence-electron chi connectivity index (χ4n) is 3.68. The van der Waals surface area contributed by atoms with E-state index >= 15 is 0 Å². The van der Waals surface area contributed by atoms with E-state index in [0.29, 0.717) is 16.8 Å². The summed E-state index contributed by atoms with van der Waals surface area (Å²) in [6, 6.07) is 2.87. The van der Waals surface area contributed by atoms with Gasteiger partial charge in [0.2, 0.25) is 5.91 Å². The molecule has 2 aromatic heterocycles. The van der Waals surface area contributed by atoms with Crippen molar-refractivity contribution < 1.29 is 9.59 Å². The lowest BCUT2D eigenvalue weighted by molar-refractivity contribution is -0.131. The predicted octanol–water partition coefficient (Wildman–Crippen LogP) is 2.59. The minimum Gasteiger partial charge on any atom is -0.349 e. The number of fused-ring (bicyclic) bond motifs is 1. The topological polar surface area (TPSA) is 78.1 Å². The molecule has 4 rings (SSSR count). The van der Waals surface area contributed by atoms with Gasteiger partial charge in [0.1, 0.15) is 16.9 Å². The Morgan fingerprint density at radius 1 is 1.32 bits per heavy atom. The third-order valence-corrected chi connectivity index (χ3v) is 5.47. The van der Waals surface area contributed by atoms with Gasteiger partial charge in [0.25, 0.3) is 5.91 Å². The molecule has 1 aliphatic heterocycles. The van der Waals surface area contributed by atoms with Crippen molar-refractivity contribution in [1.82, 2.24) is 20.2 Å². The van der Waals surface area contributed by atoms with E-state index in [0.717, 1.165) is 36.3 Å². The Morgan fingerprint density at radius 3 is 2.88 bits per heavy atom. The van der Waals surface area contributed by atoms with Gasteiger partial charge in [-0.3, -0.25) is 9.59 Å². The normalized spacial score (nSPS) is 21.5. The van der Waals surface area contributed by atoms with E-state index in [1.165, 1.54) is 12.8 Å². The zero-order valence-electron chi connectivity index (χ0n) is 14.1. The van der Waals surface area contributed by atoms with Gasteiger partial charge in [-0.1, -0.05) is 11.6 Å². The molecule has 7 heteroatoms. The van der Waals surface area contributed by atoms with Gasteiger partial charge >= 0.3 is 0 Å². The van der Waals surface area contributed by atoms with Crippen LogP contribution < -0.4 is 5.32 Å². The van der Waals surface area contributed by atoms with Crippen LogP contribution >= 0.6 is 11.6 Å². The minimum atomic E-state index is -0.543. The SMILES string of the molecule is C[C@H](NC(=O)c1cc2cc(Cl)ncc2[nH]1)C(=O)N1CCC(C2CC2)C1. The van der Waals surface area contributed by atoms with Crippen LogP contribution in [0.25, 0.3) is 10.9 Å². The number of carbonyl (C=O) groups excluding carboxylic acids is 2. The standard InChI is InChI=1S/C18H21ClN4O2/c1-10(18(25)23-5-4-12(9-23)11-2-3-11)21-17(24)14-6-13-7-16(19)20-8-15(13)22-14/h6-8,10-12,22H,2-5,9H2,1H3,(H,21,24)/t10-,12?/m0/s1. The first-order valence-corrected chi connectivity index (χ1v) is 9.13. The smallest absolute Gasteiger partial charge is 0.268 e.